The van der Waals surface area contributed by atoms with E-state index in [1.165, 1.54) is 19.3 Å². The van der Waals surface area contributed by atoms with E-state index in [0.29, 0.717) is 18.3 Å². The number of rotatable bonds is 3. The Hall–Kier alpha value is -0.0800. The average molecular weight is 208 g/mol. The standard InChI is InChI=1S/C13H20O2/c1-2-3-14-10-5-7-4-9(10)12-8(7)6-11-13(12)15-11/h7-13H,2-6H2,1H3/t7-,8?,9+,10+,11?,12?,13?/m0/s1. The normalized spacial score (nSPS) is 59.4. The van der Waals surface area contributed by atoms with E-state index in [0.717, 1.165) is 36.7 Å². The molecule has 0 aromatic rings. The van der Waals surface area contributed by atoms with Crippen molar-refractivity contribution in [2.24, 2.45) is 23.7 Å². The summed E-state index contributed by atoms with van der Waals surface area (Å²) < 4.78 is 11.7. The SMILES string of the molecule is CCCO[C@@H]1C[C@@H]2C[C@H]1C1C3OC3CC12. The maximum Gasteiger partial charge on any atom is 0.0876 e. The van der Waals surface area contributed by atoms with Crippen molar-refractivity contribution in [2.75, 3.05) is 6.61 Å². The van der Waals surface area contributed by atoms with Crippen LogP contribution in [0, 0.1) is 23.7 Å². The quantitative estimate of drug-likeness (QED) is 0.663. The van der Waals surface area contributed by atoms with Crippen LogP contribution >= 0.6 is 0 Å². The lowest BCUT2D eigenvalue weighted by molar-refractivity contribution is -0.0223. The molecule has 1 heterocycles. The second kappa shape index (κ2) is 2.98. The molecular weight excluding hydrogens is 188 g/mol. The fraction of sp³-hybridized carbons (Fsp3) is 1.00. The summed E-state index contributed by atoms with van der Waals surface area (Å²) in [6.45, 7) is 3.16. The molecule has 84 valence electrons. The molecule has 1 aliphatic heterocycles. The summed E-state index contributed by atoms with van der Waals surface area (Å²) in [5.74, 6) is 3.73. The van der Waals surface area contributed by atoms with Crippen LogP contribution in [-0.4, -0.2) is 24.9 Å². The van der Waals surface area contributed by atoms with Crippen molar-refractivity contribution < 1.29 is 9.47 Å². The van der Waals surface area contributed by atoms with Crippen molar-refractivity contribution in [3.05, 3.63) is 0 Å². The van der Waals surface area contributed by atoms with Gasteiger partial charge in [-0.25, -0.2) is 0 Å². The Morgan fingerprint density at radius 2 is 2.13 bits per heavy atom. The van der Waals surface area contributed by atoms with E-state index in [-0.39, 0.29) is 0 Å². The first-order valence-corrected chi connectivity index (χ1v) is 6.65. The fourth-order valence-corrected chi connectivity index (χ4v) is 4.71. The Morgan fingerprint density at radius 3 is 3.00 bits per heavy atom. The van der Waals surface area contributed by atoms with Crippen molar-refractivity contribution in [3.8, 4) is 0 Å². The first-order chi connectivity index (χ1) is 7.38. The van der Waals surface area contributed by atoms with Gasteiger partial charge >= 0.3 is 0 Å². The van der Waals surface area contributed by atoms with Crippen LogP contribution in [0.3, 0.4) is 0 Å². The highest BCUT2D eigenvalue weighted by Crippen LogP contribution is 2.64. The Kier molecular flexibility index (Phi) is 1.79. The zero-order valence-electron chi connectivity index (χ0n) is 9.39. The highest BCUT2D eigenvalue weighted by molar-refractivity contribution is 5.14. The Morgan fingerprint density at radius 1 is 1.20 bits per heavy atom. The summed E-state index contributed by atoms with van der Waals surface area (Å²) in [6.07, 6.45) is 7.22. The minimum absolute atomic E-state index is 0.583. The molecular formula is C13H20O2. The molecule has 4 unspecified atom stereocenters. The summed E-state index contributed by atoms with van der Waals surface area (Å²) >= 11 is 0. The molecule has 7 atom stereocenters. The lowest BCUT2D eigenvalue weighted by Crippen LogP contribution is -2.33. The molecule has 3 aliphatic carbocycles. The van der Waals surface area contributed by atoms with Crippen LogP contribution < -0.4 is 0 Å². The third kappa shape index (κ3) is 1.13. The van der Waals surface area contributed by atoms with Crippen LogP contribution in [0.4, 0.5) is 0 Å². The second-order valence-corrected chi connectivity index (χ2v) is 5.92. The molecule has 0 radical (unpaired) electrons. The molecule has 2 nitrogen and oxygen atoms in total. The highest BCUT2D eigenvalue weighted by Gasteiger charge is 2.66. The van der Waals surface area contributed by atoms with Crippen LogP contribution in [0.25, 0.3) is 0 Å². The van der Waals surface area contributed by atoms with E-state index >= 15 is 0 Å². The maximum atomic E-state index is 6.01. The molecule has 3 saturated carbocycles. The van der Waals surface area contributed by atoms with E-state index in [1.807, 2.05) is 0 Å². The number of ether oxygens (including phenoxy) is 2. The lowest BCUT2D eigenvalue weighted by atomic mass is 9.79. The zero-order valence-corrected chi connectivity index (χ0v) is 9.39. The van der Waals surface area contributed by atoms with E-state index in [2.05, 4.69) is 6.92 Å². The van der Waals surface area contributed by atoms with Gasteiger partial charge in [-0.3, -0.25) is 0 Å². The lowest BCUT2D eigenvalue weighted by Gasteiger charge is -2.32. The molecule has 0 N–H and O–H groups in total. The van der Waals surface area contributed by atoms with Gasteiger partial charge in [0.15, 0.2) is 0 Å². The molecule has 15 heavy (non-hydrogen) atoms. The van der Waals surface area contributed by atoms with Gasteiger partial charge in [-0.15, -0.1) is 0 Å². The molecule has 4 rings (SSSR count). The van der Waals surface area contributed by atoms with Crippen LogP contribution in [-0.2, 0) is 9.47 Å². The number of hydrogen-bond acceptors (Lipinski definition) is 2. The van der Waals surface area contributed by atoms with E-state index in [9.17, 15) is 0 Å². The van der Waals surface area contributed by atoms with Gasteiger partial charge in [0.1, 0.15) is 0 Å². The monoisotopic (exact) mass is 208 g/mol. The predicted octanol–water partition coefficient (Wildman–Crippen LogP) is 2.22. The van der Waals surface area contributed by atoms with E-state index in [1.54, 1.807) is 0 Å². The van der Waals surface area contributed by atoms with Gasteiger partial charge in [0, 0.05) is 6.61 Å². The number of hydrogen-bond donors (Lipinski definition) is 0. The van der Waals surface area contributed by atoms with Crippen molar-refractivity contribution >= 4 is 0 Å². The number of fused-ring (bicyclic) bond motifs is 7. The summed E-state index contributed by atoms with van der Waals surface area (Å²) in [4.78, 5) is 0. The van der Waals surface area contributed by atoms with Crippen LogP contribution in [0.5, 0.6) is 0 Å². The minimum Gasteiger partial charge on any atom is -0.378 e. The van der Waals surface area contributed by atoms with Crippen molar-refractivity contribution in [3.63, 3.8) is 0 Å². The van der Waals surface area contributed by atoms with Crippen molar-refractivity contribution in [1.29, 1.82) is 0 Å². The molecule has 4 aliphatic rings. The predicted molar refractivity (Wildman–Crippen MR) is 56.5 cm³/mol. The topological polar surface area (TPSA) is 21.8 Å². The summed E-state index contributed by atoms with van der Waals surface area (Å²) in [5.41, 5.74) is 0. The number of epoxide rings is 1. The molecule has 1 saturated heterocycles. The average Bonchev–Trinajstić information content (AvgIpc) is 2.65. The van der Waals surface area contributed by atoms with Crippen molar-refractivity contribution in [2.45, 2.75) is 50.9 Å². The summed E-state index contributed by atoms with van der Waals surface area (Å²) in [7, 11) is 0. The Balaban J connectivity index is 1.50. The van der Waals surface area contributed by atoms with Gasteiger partial charge in [0.05, 0.1) is 18.3 Å². The van der Waals surface area contributed by atoms with Gasteiger partial charge in [-0.1, -0.05) is 6.92 Å². The molecule has 0 spiro atoms. The van der Waals surface area contributed by atoms with E-state index in [4.69, 9.17) is 9.47 Å². The van der Waals surface area contributed by atoms with Gasteiger partial charge in [0.2, 0.25) is 0 Å². The largest absolute Gasteiger partial charge is 0.378 e. The van der Waals surface area contributed by atoms with E-state index < -0.39 is 0 Å². The third-order valence-corrected chi connectivity index (χ3v) is 5.22. The van der Waals surface area contributed by atoms with Crippen LogP contribution in [0.2, 0.25) is 0 Å². The second-order valence-electron chi connectivity index (χ2n) is 5.92. The van der Waals surface area contributed by atoms with Gasteiger partial charge in [-0.2, -0.15) is 0 Å². The van der Waals surface area contributed by atoms with Gasteiger partial charge < -0.3 is 9.47 Å². The molecule has 0 aromatic carbocycles. The molecule has 2 bridgehead atoms. The Bertz CT molecular complexity index is 278. The Labute approximate surface area is 91.3 Å². The highest BCUT2D eigenvalue weighted by atomic mass is 16.6. The maximum absolute atomic E-state index is 6.01. The summed E-state index contributed by atoms with van der Waals surface area (Å²) in [5, 5.41) is 0. The van der Waals surface area contributed by atoms with Gasteiger partial charge in [-0.05, 0) is 49.4 Å². The molecule has 4 fully saturated rings. The first-order valence-electron chi connectivity index (χ1n) is 6.65. The molecule has 0 amide bonds. The smallest absolute Gasteiger partial charge is 0.0876 e. The first kappa shape index (κ1) is 9.00. The zero-order chi connectivity index (χ0) is 9.99. The van der Waals surface area contributed by atoms with Crippen LogP contribution in [0.15, 0.2) is 0 Å². The molecule has 2 heteroatoms. The van der Waals surface area contributed by atoms with Gasteiger partial charge in [0.25, 0.3) is 0 Å². The fourth-order valence-electron chi connectivity index (χ4n) is 4.71. The molecule has 0 aromatic heterocycles. The summed E-state index contributed by atoms with van der Waals surface area (Å²) in [6, 6.07) is 0. The minimum atomic E-state index is 0.583. The van der Waals surface area contributed by atoms with Crippen LogP contribution in [0.1, 0.15) is 32.6 Å². The van der Waals surface area contributed by atoms with Crippen molar-refractivity contribution in [1.82, 2.24) is 0 Å². The third-order valence-electron chi connectivity index (χ3n) is 5.22.